The molecule has 0 aliphatic rings. The lowest BCUT2D eigenvalue weighted by atomic mass is 10.3. The second kappa shape index (κ2) is 6.12. The Morgan fingerprint density at radius 2 is 2.47 bits per heavy atom. The van der Waals surface area contributed by atoms with Crippen LogP contribution in [0.3, 0.4) is 0 Å². The van der Waals surface area contributed by atoms with E-state index in [1.54, 1.807) is 31.2 Å². The molecule has 0 aromatic carbocycles. The quantitative estimate of drug-likeness (QED) is 0.457. The molecule has 6 heteroatoms. The van der Waals surface area contributed by atoms with E-state index in [-0.39, 0.29) is 12.2 Å². The van der Waals surface area contributed by atoms with Crippen LogP contribution in [0.15, 0.2) is 30.0 Å². The van der Waals surface area contributed by atoms with Gasteiger partial charge < -0.3 is 15.8 Å². The summed E-state index contributed by atoms with van der Waals surface area (Å²) in [5, 5.41) is 11.5. The molecule has 0 unspecified atom stereocenters. The van der Waals surface area contributed by atoms with Crippen LogP contribution in [-0.4, -0.2) is 17.6 Å². The average Bonchev–Trinajstić information content (AvgIpc) is 2.30. The van der Waals surface area contributed by atoms with E-state index >= 15 is 0 Å². The van der Waals surface area contributed by atoms with Crippen LogP contribution in [0.2, 0.25) is 0 Å². The number of anilines is 2. The van der Waals surface area contributed by atoms with E-state index in [2.05, 4.69) is 10.3 Å². The van der Waals surface area contributed by atoms with Crippen molar-refractivity contribution < 1.29 is 9.53 Å². The van der Waals surface area contributed by atoms with Gasteiger partial charge in [-0.15, -0.1) is 0 Å². The topological polar surface area (TPSA) is 101 Å². The fourth-order valence-corrected chi connectivity index (χ4v) is 1.02. The van der Waals surface area contributed by atoms with Crippen molar-refractivity contribution in [2.45, 2.75) is 6.92 Å². The Bertz CT molecular complexity index is 477. The Balaban J connectivity index is 2.75. The van der Waals surface area contributed by atoms with E-state index < -0.39 is 5.97 Å². The number of nitrogens with one attached hydrogen (secondary N) is 1. The van der Waals surface area contributed by atoms with Crippen molar-refractivity contribution in [2.24, 2.45) is 0 Å². The number of esters is 1. The number of hydrogen-bond acceptors (Lipinski definition) is 6. The molecule has 0 amide bonds. The molecule has 0 aliphatic carbocycles. The molecule has 0 fully saturated rings. The largest absolute Gasteiger partial charge is 0.462 e. The number of nitrogens with two attached hydrogens (primary N) is 1. The molecule has 0 spiro atoms. The first-order valence-corrected chi connectivity index (χ1v) is 4.93. The van der Waals surface area contributed by atoms with Crippen LogP contribution < -0.4 is 11.1 Å². The fraction of sp³-hybridized carbons (Fsp3) is 0.182. The van der Waals surface area contributed by atoms with Gasteiger partial charge in [0.25, 0.3) is 0 Å². The molecule has 1 aromatic heterocycles. The van der Waals surface area contributed by atoms with E-state index in [0.29, 0.717) is 11.6 Å². The number of nitrogen functional groups attached to an aromatic ring is 1. The van der Waals surface area contributed by atoms with Gasteiger partial charge in [-0.1, -0.05) is 6.07 Å². The molecule has 0 bridgehead atoms. The molecule has 88 valence electrons. The highest BCUT2D eigenvalue weighted by atomic mass is 16.5. The van der Waals surface area contributed by atoms with Gasteiger partial charge in [-0.25, -0.2) is 9.78 Å². The summed E-state index contributed by atoms with van der Waals surface area (Å²) in [6.07, 6.45) is 1.24. The molecule has 1 heterocycles. The van der Waals surface area contributed by atoms with Gasteiger partial charge in [-0.2, -0.15) is 5.26 Å². The highest BCUT2D eigenvalue weighted by Crippen LogP contribution is 2.06. The lowest BCUT2D eigenvalue weighted by molar-refractivity contribution is -0.138. The minimum atomic E-state index is -0.675. The number of nitriles is 1. The Kier molecular flexibility index (Phi) is 4.51. The summed E-state index contributed by atoms with van der Waals surface area (Å²) in [6, 6.07) is 6.73. The predicted molar refractivity (Wildman–Crippen MR) is 62.6 cm³/mol. The lowest BCUT2D eigenvalue weighted by Crippen LogP contribution is -2.08. The average molecular weight is 232 g/mol. The number of hydrogen-bond donors (Lipinski definition) is 2. The highest BCUT2D eigenvalue weighted by molar-refractivity contribution is 5.93. The van der Waals surface area contributed by atoms with Gasteiger partial charge in [0.05, 0.1) is 6.61 Å². The third-order valence-electron chi connectivity index (χ3n) is 1.75. The number of pyridine rings is 1. The van der Waals surface area contributed by atoms with Crippen LogP contribution in [0.4, 0.5) is 11.6 Å². The van der Waals surface area contributed by atoms with E-state index in [1.807, 2.05) is 0 Å². The van der Waals surface area contributed by atoms with Crippen molar-refractivity contribution in [1.29, 1.82) is 5.26 Å². The number of carbonyl (C=O) groups excluding carboxylic acids is 1. The summed E-state index contributed by atoms with van der Waals surface area (Å²) in [5.74, 6) is 0.117. The monoisotopic (exact) mass is 232 g/mol. The normalized spacial score (nSPS) is 10.5. The minimum absolute atomic E-state index is 0.129. The molecule has 0 aliphatic heterocycles. The van der Waals surface area contributed by atoms with Gasteiger partial charge in [-0.05, 0) is 19.1 Å². The maximum absolute atomic E-state index is 11.3. The lowest BCUT2D eigenvalue weighted by Gasteiger charge is -2.02. The Labute approximate surface area is 98.7 Å². The van der Waals surface area contributed by atoms with Crippen LogP contribution in [0.1, 0.15) is 6.92 Å². The number of nitrogens with zero attached hydrogens (tertiary/aromatic N) is 2. The molecule has 0 atom stereocenters. The SMILES string of the molecule is CCOC(=O)/C(C#N)=C/Nc1cccc(N)n1. The van der Waals surface area contributed by atoms with Crippen molar-refractivity contribution in [3.63, 3.8) is 0 Å². The first kappa shape index (κ1) is 12.5. The molecular formula is C11H12N4O2. The third-order valence-corrected chi connectivity index (χ3v) is 1.75. The summed E-state index contributed by atoms with van der Waals surface area (Å²) < 4.78 is 4.69. The molecular weight excluding hydrogens is 220 g/mol. The fourth-order valence-electron chi connectivity index (χ4n) is 1.02. The van der Waals surface area contributed by atoms with Crippen molar-refractivity contribution in [2.75, 3.05) is 17.7 Å². The van der Waals surface area contributed by atoms with Crippen molar-refractivity contribution in [1.82, 2.24) is 4.98 Å². The highest BCUT2D eigenvalue weighted by Gasteiger charge is 2.09. The third kappa shape index (κ3) is 3.83. The van der Waals surface area contributed by atoms with Crippen LogP contribution in [0.25, 0.3) is 0 Å². The van der Waals surface area contributed by atoms with E-state index in [1.165, 1.54) is 6.20 Å². The molecule has 1 rings (SSSR count). The van der Waals surface area contributed by atoms with Gasteiger partial charge in [0.2, 0.25) is 0 Å². The standard InChI is InChI=1S/C11H12N4O2/c1-2-17-11(16)8(6-12)7-14-10-5-3-4-9(13)15-10/h3-5,7H,2H2,1H3,(H3,13,14,15)/b8-7+. The molecule has 0 saturated heterocycles. The summed E-state index contributed by atoms with van der Waals surface area (Å²) in [4.78, 5) is 15.2. The maximum Gasteiger partial charge on any atom is 0.350 e. The van der Waals surface area contributed by atoms with Crippen LogP contribution in [-0.2, 0) is 9.53 Å². The van der Waals surface area contributed by atoms with E-state index in [9.17, 15) is 4.79 Å². The minimum Gasteiger partial charge on any atom is -0.462 e. The Morgan fingerprint density at radius 3 is 3.06 bits per heavy atom. The van der Waals surface area contributed by atoms with Gasteiger partial charge in [0, 0.05) is 6.20 Å². The van der Waals surface area contributed by atoms with Gasteiger partial charge >= 0.3 is 5.97 Å². The summed E-state index contributed by atoms with van der Waals surface area (Å²) in [7, 11) is 0. The molecule has 17 heavy (non-hydrogen) atoms. The number of rotatable bonds is 4. The van der Waals surface area contributed by atoms with Gasteiger partial charge in [-0.3, -0.25) is 0 Å². The molecule has 1 aromatic rings. The summed E-state index contributed by atoms with van der Waals surface area (Å²) >= 11 is 0. The predicted octanol–water partition coefficient (Wildman–Crippen LogP) is 1.05. The second-order valence-corrected chi connectivity index (χ2v) is 2.98. The van der Waals surface area contributed by atoms with Gasteiger partial charge in [0.15, 0.2) is 5.57 Å². The zero-order valence-electron chi connectivity index (χ0n) is 9.30. The summed E-state index contributed by atoms with van der Waals surface area (Å²) in [5.41, 5.74) is 5.35. The maximum atomic E-state index is 11.3. The molecule has 0 radical (unpaired) electrons. The first-order valence-electron chi connectivity index (χ1n) is 4.93. The zero-order valence-corrected chi connectivity index (χ0v) is 9.30. The van der Waals surface area contributed by atoms with Crippen LogP contribution >= 0.6 is 0 Å². The molecule has 6 nitrogen and oxygen atoms in total. The molecule has 0 saturated carbocycles. The second-order valence-electron chi connectivity index (χ2n) is 2.98. The van der Waals surface area contributed by atoms with Gasteiger partial charge in [0.1, 0.15) is 17.7 Å². The number of aromatic nitrogens is 1. The Morgan fingerprint density at radius 1 is 1.71 bits per heavy atom. The smallest absolute Gasteiger partial charge is 0.350 e. The number of carbonyl (C=O) groups is 1. The van der Waals surface area contributed by atoms with Crippen molar-refractivity contribution in [3.05, 3.63) is 30.0 Å². The van der Waals surface area contributed by atoms with E-state index in [0.717, 1.165) is 0 Å². The summed E-state index contributed by atoms with van der Waals surface area (Å²) in [6.45, 7) is 1.88. The first-order chi connectivity index (χ1) is 8.17. The van der Waals surface area contributed by atoms with E-state index in [4.69, 9.17) is 15.7 Å². The van der Waals surface area contributed by atoms with Crippen LogP contribution in [0.5, 0.6) is 0 Å². The Hall–Kier alpha value is -2.55. The molecule has 3 N–H and O–H groups in total. The van der Waals surface area contributed by atoms with Crippen molar-refractivity contribution >= 4 is 17.6 Å². The zero-order chi connectivity index (χ0) is 12.7. The van der Waals surface area contributed by atoms with Crippen LogP contribution in [0, 0.1) is 11.3 Å². The van der Waals surface area contributed by atoms with Crippen molar-refractivity contribution in [3.8, 4) is 6.07 Å². The number of ether oxygens (including phenoxy) is 1.